The Kier molecular flexibility index (Phi) is 8.11. The standard InChI is InChI=1S/C24H31N3O2/c28-23(24(29)26-17-15-20-8-3-1-4-9-20)25-16-7-10-21-11-13-22(14-12-21)27-18-5-2-6-19-27/h1,3-4,8-9,11-14H,2,5-7,10,15-19H2,(H,25,28)(H,26,29). The first-order valence-corrected chi connectivity index (χ1v) is 10.7. The highest BCUT2D eigenvalue weighted by molar-refractivity contribution is 6.35. The first-order chi connectivity index (χ1) is 14.2. The maximum Gasteiger partial charge on any atom is 0.309 e. The molecular weight excluding hydrogens is 362 g/mol. The first-order valence-electron chi connectivity index (χ1n) is 10.7. The number of carbonyl (C=O) groups is 2. The van der Waals surface area contributed by atoms with Crippen LogP contribution in [0, 0.1) is 0 Å². The predicted octanol–water partition coefficient (Wildman–Crippen LogP) is 3.08. The van der Waals surface area contributed by atoms with Crippen molar-refractivity contribution in [1.82, 2.24) is 10.6 Å². The van der Waals surface area contributed by atoms with E-state index in [1.807, 2.05) is 30.3 Å². The van der Waals surface area contributed by atoms with Gasteiger partial charge in [-0.2, -0.15) is 0 Å². The van der Waals surface area contributed by atoms with Gasteiger partial charge in [-0.3, -0.25) is 9.59 Å². The van der Waals surface area contributed by atoms with Gasteiger partial charge in [0.25, 0.3) is 0 Å². The molecule has 0 radical (unpaired) electrons. The summed E-state index contributed by atoms with van der Waals surface area (Å²) in [7, 11) is 0. The summed E-state index contributed by atoms with van der Waals surface area (Å²) in [5.74, 6) is -1.12. The van der Waals surface area contributed by atoms with Crippen molar-refractivity contribution < 1.29 is 9.59 Å². The number of amides is 2. The minimum Gasteiger partial charge on any atom is -0.372 e. The lowest BCUT2D eigenvalue weighted by Crippen LogP contribution is -2.41. The molecule has 2 aromatic rings. The number of rotatable bonds is 8. The molecule has 154 valence electrons. The minimum atomic E-state index is -0.563. The highest BCUT2D eigenvalue weighted by Gasteiger charge is 2.12. The van der Waals surface area contributed by atoms with Crippen LogP contribution in [0.2, 0.25) is 0 Å². The van der Waals surface area contributed by atoms with E-state index in [4.69, 9.17) is 0 Å². The van der Waals surface area contributed by atoms with Gasteiger partial charge in [-0.25, -0.2) is 0 Å². The molecule has 1 heterocycles. The second-order valence-electron chi connectivity index (χ2n) is 7.57. The Bertz CT molecular complexity index is 768. The van der Waals surface area contributed by atoms with E-state index in [0.717, 1.165) is 31.5 Å². The van der Waals surface area contributed by atoms with E-state index in [9.17, 15) is 9.59 Å². The Hall–Kier alpha value is -2.82. The van der Waals surface area contributed by atoms with Crippen LogP contribution in [-0.2, 0) is 22.4 Å². The summed E-state index contributed by atoms with van der Waals surface area (Å²) in [4.78, 5) is 26.2. The molecule has 1 saturated heterocycles. The fourth-order valence-electron chi connectivity index (χ4n) is 3.65. The molecule has 2 amide bonds. The molecule has 5 heteroatoms. The smallest absolute Gasteiger partial charge is 0.309 e. The van der Waals surface area contributed by atoms with E-state index in [2.05, 4.69) is 39.8 Å². The largest absolute Gasteiger partial charge is 0.372 e. The van der Waals surface area contributed by atoms with Crippen molar-refractivity contribution in [2.45, 2.75) is 38.5 Å². The summed E-state index contributed by atoms with van der Waals surface area (Å²) >= 11 is 0. The summed E-state index contributed by atoms with van der Waals surface area (Å²) < 4.78 is 0. The second-order valence-corrected chi connectivity index (χ2v) is 7.57. The Morgan fingerprint density at radius 2 is 1.34 bits per heavy atom. The van der Waals surface area contributed by atoms with Crippen LogP contribution in [0.5, 0.6) is 0 Å². The van der Waals surface area contributed by atoms with Gasteiger partial charge >= 0.3 is 11.8 Å². The molecule has 0 saturated carbocycles. The molecule has 0 bridgehead atoms. The Labute approximate surface area is 173 Å². The fraction of sp³-hybridized carbons (Fsp3) is 0.417. The second kappa shape index (κ2) is 11.2. The van der Waals surface area contributed by atoms with Crippen LogP contribution < -0.4 is 15.5 Å². The van der Waals surface area contributed by atoms with E-state index < -0.39 is 11.8 Å². The Morgan fingerprint density at radius 1 is 0.724 bits per heavy atom. The maximum absolute atomic E-state index is 11.9. The number of piperidine rings is 1. The van der Waals surface area contributed by atoms with Crippen molar-refractivity contribution in [3.05, 3.63) is 65.7 Å². The molecule has 2 aromatic carbocycles. The summed E-state index contributed by atoms with van der Waals surface area (Å²) in [5, 5.41) is 5.38. The zero-order valence-electron chi connectivity index (χ0n) is 17.0. The third-order valence-corrected chi connectivity index (χ3v) is 5.33. The molecule has 0 spiro atoms. The molecule has 5 nitrogen and oxygen atoms in total. The van der Waals surface area contributed by atoms with Crippen LogP contribution in [-0.4, -0.2) is 38.0 Å². The van der Waals surface area contributed by atoms with Crippen molar-refractivity contribution in [2.75, 3.05) is 31.1 Å². The number of nitrogens with one attached hydrogen (secondary N) is 2. The van der Waals surface area contributed by atoms with E-state index in [0.29, 0.717) is 19.5 Å². The fourth-order valence-corrected chi connectivity index (χ4v) is 3.65. The first kappa shape index (κ1) is 20.9. The lowest BCUT2D eigenvalue weighted by atomic mass is 10.1. The molecule has 0 unspecified atom stereocenters. The molecule has 0 aliphatic carbocycles. The minimum absolute atomic E-state index is 0.458. The van der Waals surface area contributed by atoms with Crippen LogP contribution in [0.15, 0.2) is 54.6 Å². The number of nitrogens with zero attached hydrogens (tertiary/aromatic N) is 1. The van der Waals surface area contributed by atoms with Crippen molar-refractivity contribution in [3.63, 3.8) is 0 Å². The van der Waals surface area contributed by atoms with Crippen LogP contribution in [0.4, 0.5) is 5.69 Å². The Morgan fingerprint density at radius 3 is 2.03 bits per heavy atom. The van der Waals surface area contributed by atoms with Crippen LogP contribution in [0.1, 0.15) is 36.8 Å². The zero-order valence-corrected chi connectivity index (χ0v) is 17.0. The van der Waals surface area contributed by atoms with Gasteiger partial charge in [0.05, 0.1) is 0 Å². The van der Waals surface area contributed by atoms with Gasteiger partial charge in [-0.05, 0) is 61.8 Å². The molecule has 0 atom stereocenters. The summed E-state index contributed by atoms with van der Waals surface area (Å²) in [6, 6.07) is 18.6. The molecule has 1 aliphatic heterocycles. The Balaban J connectivity index is 1.30. The quantitative estimate of drug-likeness (QED) is 0.535. The van der Waals surface area contributed by atoms with E-state index in [1.165, 1.54) is 30.5 Å². The van der Waals surface area contributed by atoms with Gasteiger partial charge in [0.2, 0.25) is 0 Å². The van der Waals surface area contributed by atoms with Crippen molar-refractivity contribution in [2.24, 2.45) is 0 Å². The predicted molar refractivity (Wildman–Crippen MR) is 117 cm³/mol. The third-order valence-electron chi connectivity index (χ3n) is 5.33. The molecule has 1 aliphatic rings. The highest BCUT2D eigenvalue weighted by atomic mass is 16.2. The zero-order chi connectivity index (χ0) is 20.3. The third kappa shape index (κ3) is 6.93. The van der Waals surface area contributed by atoms with Gasteiger partial charge in [0, 0.05) is 31.9 Å². The summed E-state index contributed by atoms with van der Waals surface area (Å²) in [5.41, 5.74) is 3.70. The highest BCUT2D eigenvalue weighted by Crippen LogP contribution is 2.20. The van der Waals surface area contributed by atoms with E-state index >= 15 is 0 Å². The lowest BCUT2D eigenvalue weighted by Gasteiger charge is -2.28. The number of hydrogen-bond donors (Lipinski definition) is 2. The van der Waals surface area contributed by atoms with Crippen LogP contribution in [0.3, 0.4) is 0 Å². The summed E-state index contributed by atoms with van der Waals surface area (Å²) in [6.07, 6.45) is 6.31. The molecule has 0 aromatic heterocycles. The molecule has 29 heavy (non-hydrogen) atoms. The molecule has 3 rings (SSSR count). The average molecular weight is 394 g/mol. The van der Waals surface area contributed by atoms with E-state index in [1.54, 1.807) is 0 Å². The number of carbonyl (C=O) groups excluding carboxylic acids is 2. The van der Waals surface area contributed by atoms with E-state index in [-0.39, 0.29) is 0 Å². The number of anilines is 1. The van der Waals surface area contributed by atoms with Crippen molar-refractivity contribution in [1.29, 1.82) is 0 Å². The molecule has 1 fully saturated rings. The number of aryl methyl sites for hydroxylation is 1. The van der Waals surface area contributed by atoms with Gasteiger partial charge < -0.3 is 15.5 Å². The van der Waals surface area contributed by atoms with Crippen LogP contribution >= 0.6 is 0 Å². The van der Waals surface area contributed by atoms with Crippen molar-refractivity contribution in [3.8, 4) is 0 Å². The van der Waals surface area contributed by atoms with Crippen molar-refractivity contribution >= 4 is 17.5 Å². The van der Waals surface area contributed by atoms with Crippen LogP contribution in [0.25, 0.3) is 0 Å². The normalized spacial score (nSPS) is 13.7. The van der Waals surface area contributed by atoms with Gasteiger partial charge in [-0.15, -0.1) is 0 Å². The average Bonchev–Trinajstić information content (AvgIpc) is 2.78. The summed E-state index contributed by atoms with van der Waals surface area (Å²) in [6.45, 7) is 3.26. The maximum atomic E-state index is 11.9. The topological polar surface area (TPSA) is 61.4 Å². The molecular formula is C24H31N3O2. The number of hydrogen-bond acceptors (Lipinski definition) is 3. The lowest BCUT2D eigenvalue weighted by molar-refractivity contribution is -0.139. The van der Waals surface area contributed by atoms with Gasteiger partial charge in [-0.1, -0.05) is 42.5 Å². The monoisotopic (exact) mass is 393 g/mol. The van der Waals surface area contributed by atoms with Gasteiger partial charge in [0.15, 0.2) is 0 Å². The van der Waals surface area contributed by atoms with Gasteiger partial charge in [0.1, 0.15) is 0 Å². The SMILES string of the molecule is O=C(NCCCc1ccc(N2CCCCC2)cc1)C(=O)NCCc1ccccc1. The number of benzene rings is 2. The molecule has 2 N–H and O–H groups in total.